The van der Waals surface area contributed by atoms with Gasteiger partial charge in [0.25, 0.3) is 0 Å². The van der Waals surface area contributed by atoms with Gasteiger partial charge in [-0.2, -0.15) is 0 Å². The fourth-order valence-corrected chi connectivity index (χ4v) is 5.03. The number of rotatable bonds is 12. The van der Waals surface area contributed by atoms with Gasteiger partial charge in [0, 0.05) is 30.6 Å². The average molecular weight is 503 g/mol. The molecule has 2 atom stereocenters. The maximum atomic E-state index is 13.5. The van der Waals surface area contributed by atoms with Gasteiger partial charge in [-0.15, -0.1) is 17.9 Å². The summed E-state index contributed by atoms with van der Waals surface area (Å²) in [6.07, 6.45) is 1.89. The number of carbonyl (C=O) groups is 1. The van der Waals surface area contributed by atoms with Crippen molar-refractivity contribution in [3.63, 3.8) is 0 Å². The topological polar surface area (TPSA) is 71.5 Å². The first-order valence-corrected chi connectivity index (χ1v) is 12.9. The molecule has 0 radical (unpaired) electrons. The van der Waals surface area contributed by atoms with E-state index in [4.69, 9.17) is 14.2 Å². The molecule has 192 valence electrons. The number of ether oxygens (including phenoxy) is 3. The molecular weight excluding hydrogens is 464 g/mol. The summed E-state index contributed by atoms with van der Waals surface area (Å²) < 4.78 is 17.1. The number of thiophene rings is 1. The number of carbonyl (C=O) groups excluding carboxylic acids is 1. The van der Waals surface area contributed by atoms with E-state index in [1.54, 1.807) is 24.5 Å². The number of benzene rings is 1. The molecule has 2 aromatic rings. The Hall–Kier alpha value is -2.39. The van der Waals surface area contributed by atoms with E-state index in [2.05, 4.69) is 18.0 Å². The molecule has 1 aromatic carbocycles. The number of hydrogen-bond donors (Lipinski definition) is 1. The van der Waals surface area contributed by atoms with Crippen molar-refractivity contribution in [3.8, 4) is 11.5 Å². The van der Waals surface area contributed by atoms with Gasteiger partial charge in [-0.3, -0.25) is 9.69 Å². The molecule has 8 heteroatoms. The largest absolute Gasteiger partial charge is 0.497 e. The number of methoxy groups -OCH3 is 1. The second kappa shape index (κ2) is 12.5. The standard InChI is InChI=1S/C27H38N2O5S/c1-6-12-28(16-20(30)18-34-27(2,3)4)17-26(31)29-13-10-25-23(11-14-35-25)24(29)19-33-22-9-7-8-21(15-22)32-5/h6-9,11,14-15,20,24,30H,1,10,12-13,16-19H2,2-5H3/t20-,24-/m0/s1. The lowest BCUT2D eigenvalue weighted by molar-refractivity contribution is -0.136. The highest BCUT2D eigenvalue weighted by Gasteiger charge is 2.33. The van der Waals surface area contributed by atoms with E-state index >= 15 is 0 Å². The Morgan fingerprint density at radius 1 is 1.34 bits per heavy atom. The quantitative estimate of drug-likeness (QED) is 0.444. The van der Waals surface area contributed by atoms with Gasteiger partial charge in [0.15, 0.2) is 0 Å². The molecule has 0 saturated carbocycles. The molecule has 7 nitrogen and oxygen atoms in total. The Balaban J connectivity index is 1.68. The first kappa shape index (κ1) is 27.2. The highest BCUT2D eigenvalue weighted by molar-refractivity contribution is 7.10. The molecule has 0 spiro atoms. The Kier molecular flexibility index (Phi) is 9.74. The molecule has 0 saturated heterocycles. The minimum atomic E-state index is -0.695. The third-order valence-electron chi connectivity index (χ3n) is 5.79. The predicted molar refractivity (Wildman–Crippen MR) is 139 cm³/mol. The smallest absolute Gasteiger partial charge is 0.237 e. The molecule has 0 fully saturated rings. The van der Waals surface area contributed by atoms with Crippen LogP contribution in [0.3, 0.4) is 0 Å². The molecule has 0 bridgehead atoms. The van der Waals surface area contributed by atoms with Crippen LogP contribution in [0.25, 0.3) is 0 Å². The molecule has 1 aliphatic rings. The summed E-state index contributed by atoms with van der Waals surface area (Å²) in [5.74, 6) is 1.44. The molecule has 2 heterocycles. The summed E-state index contributed by atoms with van der Waals surface area (Å²) in [5.41, 5.74) is 0.814. The predicted octanol–water partition coefficient (Wildman–Crippen LogP) is 3.93. The normalized spacial score (nSPS) is 16.6. The molecule has 1 aromatic heterocycles. The molecular formula is C27H38N2O5S. The molecule has 1 amide bonds. The summed E-state index contributed by atoms with van der Waals surface area (Å²) in [4.78, 5) is 18.6. The number of hydrogen-bond acceptors (Lipinski definition) is 7. The summed E-state index contributed by atoms with van der Waals surface area (Å²) >= 11 is 1.72. The highest BCUT2D eigenvalue weighted by atomic mass is 32.1. The van der Waals surface area contributed by atoms with Crippen LogP contribution in [0.2, 0.25) is 0 Å². The van der Waals surface area contributed by atoms with E-state index in [1.807, 2.05) is 54.8 Å². The number of aliphatic hydroxyl groups excluding tert-OH is 1. The molecule has 1 aliphatic heterocycles. The SMILES string of the molecule is C=CCN(CC(=O)N1CCc2sccc2[C@@H]1COc1cccc(OC)c1)C[C@H](O)COC(C)(C)C. The second-order valence-electron chi connectivity index (χ2n) is 9.70. The van der Waals surface area contributed by atoms with Crippen LogP contribution in [0.1, 0.15) is 37.3 Å². The Morgan fingerprint density at radius 2 is 2.11 bits per heavy atom. The molecule has 0 aliphatic carbocycles. The van der Waals surface area contributed by atoms with E-state index in [1.165, 1.54) is 4.88 Å². The average Bonchev–Trinajstić information content (AvgIpc) is 3.30. The van der Waals surface area contributed by atoms with Crippen LogP contribution in [0.5, 0.6) is 11.5 Å². The zero-order valence-electron chi connectivity index (χ0n) is 21.2. The van der Waals surface area contributed by atoms with E-state index in [9.17, 15) is 9.90 Å². The molecule has 1 N–H and O–H groups in total. The summed E-state index contributed by atoms with van der Waals surface area (Å²) in [6, 6.07) is 9.40. The van der Waals surface area contributed by atoms with Crippen molar-refractivity contribution in [1.82, 2.24) is 9.80 Å². The fourth-order valence-electron chi connectivity index (χ4n) is 4.11. The summed E-state index contributed by atoms with van der Waals surface area (Å²) in [7, 11) is 1.62. The maximum Gasteiger partial charge on any atom is 0.237 e. The van der Waals surface area contributed by atoms with Gasteiger partial charge in [0.05, 0.1) is 38.0 Å². The van der Waals surface area contributed by atoms with Gasteiger partial charge >= 0.3 is 0 Å². The van der Waals surface area contributed by atoms with Crippen LogP contribution in [-0.4, -0.2) is 79.0 Å². The lowest BCUT2D eigenvalue weighted by atomic mass is 10.0. The number of fused-ring (bicyclic) bond motifs is 1. The monoisotopic (exact) mass is 502 g/mol. The van der Waals surface area contributed by atoms with Crippen molar-refractivity contribution in [2.24, 2.45) is 0 Å². The fraction of sp³-hybridized carbons (Fsp3) is 0.519. The van der Waals surface area contributed by atoms with E-state index in [0.717, 1.165) is 17.7 Å². The Morgan fingerprint density at radius 3 is 2.83 bits per heavy atom. The van der Waals surface area contributed by atoms with Crippen molar-refractivity contribution in [1.29, 1.82) is 0 Å². The van der Waals surface area contributed by atoms with Crippen LogP contribution >= 0.6 is 11.3 Å². The van der Waals surface area contributed by atoms with Crippen molar-refractivity contribution in [2.45, 2.75) is 44.9 Å². The Bertz CT molecular complexity index is 970. The van der Waals surface area contributed by atoms with E-state index in [0.29, 0.717) is 32.0 Å². The van der Waals surface area contributed by atoms with Crippen LogP contribution in [0.4, 0.5) is 0 Å². The zero-order chi connectivity index (χ0) is 25.4. The van der Waals surface area contributed by atoms with Gasteiger partial charge in [0.1, 0.15) is 18.1 Å². The molecule has 0 unspecified atom stereocenters. The summed E-state index contributed by atoms with van der Waals surface area (Å²) in [6.45, 7) is 11.9. The highest BCUT2D eigenvalue weighted by Crippen LogP contribution is 2.34. The Labute approximate surface area is 212 Å². The lowest BCUT2D eigenvalue weighted by Gasteiger charge is -2.37. The zero-order valence-corrected chi connectivity index (χ0v) is 22.1. The third kappa shape index (κ3) is 8.07. The number of nitrogens with zero attached hydrogens (tertiary/aromatic N) is 2. The second-order valence-corrected chi connectivity index (χ2v) is 10.7. The van der Waals surface area contributed by atoms with Crippen molar-refractivity contribution >= 4 is 17.2 Å². The number of aliphatic hydroxyl groups is 1. The maximum absolute atomic E-state index is 13.5. The van der Waals surface area contributed by atoms with Crippen LogP contribution in [0, 0.1) is 0 Å². The van der Waals surface area contributed by atoms with Crippen molar-refractivity contribution in [3.05, 3.63) is 58.8 Å². The molecule has 35 heavy (non-hydrogen) atoms. The minimum absolute atomic E-state index is 0.00637. The first-order valence-electron chi connectivity index (χ1n) is 12.0. The molecule has 3 rings (SSSR count). The van der Waals surface area contributed by atoms with E-state index < -0.39 is 6.10 Å². The van der Waals surface area contributed by atoms with E-state index in [-0.39, 0.29) is 30.7 Å². The summed E-state index contributed by atoms with van der Waals surface area (Å²) in [5, 5.41) is 12.6. The lowest BCUT2D eigenvalue weighted by Crippen LogP contribution is -2.48. The minimum Gasteiger partial charge on any atom is -0.497 e. The number of amides is 1. The van der Waals surface area contributed by atoms with Gasteiger partial charge in [-0.1, -0.05) is 12.1 Å². The van der Waals surface area contributed by atoms with Crippen LogP contribution < -0.4 is 9.47 Å². The van der Waals surface area contributed by atoms with Gasteiger partial charge in [-0.05, 0) is 56.3 Å². The van der Waals surface area contributed by atoms with Gasteiger partial charge in [0.2, 0.25) is 5.91 Å². The van der Waals surface area contributed by atoms with Gasteiger partial charge in [-0.25, -0.2) is 0 Å². The van der Waals surface area contributed by atoms with Crippen molar-refractivity contribution < 1.29 is 24.1 Å². The van der Waals surface area contributed by atoms with Crippen molar-refractivity contribution in [2.75, 3.05) is 46.5 Å². The first-order chi connectivity index (χ1) is 16.7. The third-order valence-corrected chi connectivity index (χ3v) is 6.78. The van der Waals surface area contributed by atoms with Crippen LogP contribution in [-0.2, 0) is 16.0 Å². The van der Waals surface area contributed by atoms with Gasteiger partial charge < -0.3 is 24.2 Å². The van der Waals surface area contributed by atoms with Crippen LogP contribution in [0.15, 0.2) is 48.4 Å².